The average molecular weight is 343 g/mol. The van der Waals surface area contributed by atoms with E-state index in [9.17, 15) is 24.9 Å². The summed E-state index contributed by atoms with van der Waals surface area (Å²) >= 11 is 0. The lowest BCUT2D eigenvalue weighted by Crippen LogP contribution is -2.61. The average Bonchev–Trinajstić information content (AvgIpc) is 2.56. The molecule has 9 nitrogen and oxygen atoms in total. The summed E-state index contributed by atoms with van der Waals surface area (Å²) in [6, 6.07) is 1.28. The number of aryl methyl sites for hydroxylation is 1. The molecule has 24 heavy (non-hydrogen) atoms. The van der Waals surface area contributed by atoms with Crippen molar-refractivity contribution in [3.05, 3.63) is 28.2 Å². The van der Waals surface area contributed by atoms with E-state index in [-0.39, 0.29) is 5.75 Å². The third-order valence-electron chi connectivity index (χ3n) is 3.96. The third kappa shape index (κ3) is 3.29. The number of aromatic nitrogens is 1. The zero-order chi connectivity index (χ0) is 18.0. The van der Waals surface area contributed by atoms with E-state index < -0.39 is 42.1 Å². The van der Waals surface area contributed by atoms with Crippen molar-refractivity contribution in [2.45, 2.75) is 57.5 Å². The van der Waals surface area contributed by atoms with Gasteiger partial charge in [-0.1, -0.05) is 6.92 Å². The predicted octanol–water partition coefficient (Wildman–Crippen LogP) is -1.30. The van der Waals surface area contributed by atoms with Crippen molar-refractivity contribution in [1.82, 2.24) is 4.57 Å². The number of hydrogen-bond donors (Lipinski definition) is 4. The van der Waals surface area contributed by atoms with Gasteiger partial charge in [-0.25, -0.2) is 4.79 Å². The molecule has 0 spiro atoms. The van der Waals surface area contributed by atoms with Gasteiger partial charge >= 0.3 is 5.97 Å². The minimum atomic E-state index is -1.81. The second-order valence-electron chi connectivity index (χ2n) is 5.45. The molecule has 0 radical (unpaired) electrons. The topological polar surface area (TPSA) is 138 Å². The third-order valence-corrected chi connectivity index (χ3v) is 3.96. The van der Waals surface area contributed by atoms with Gasteiger partial charge in [-0.2, -0.15) is 0 Å². The normalized spacial score (nSPS) is 30.1. The minimum Gasteiger partial charge on any atom is -0.479 e. The van der Waals surface area contributed by atoms with Crippen LogP contribution in [0.3, 0.4) is 0 Å². The number of carboxylic acids is 1. The molecule has 0 aromatic carbocycles. The SMILES string of the molecule is CCc1c(O[C@@H]2O[C@H](C(=O)O)[C@@H](O)[C@H](O)[C@H]2O)c(=O)ccn1CC. The molecule has 0 amide bonds. The molecule has 1 saturated heterocycles. The van der Waals surface area contributed by atoms with Crippen molar-refractivity contribution in [2.75, 3.05) is 0 Å². The molecule has 134 valence electrons. The molecule has 0 unspecified atom stereocenters. The molecular weight excluding hydrogens is 322 g/mol. The van der Waals surface area contributed by atoms with E-state index >= 15 is 0 Å². The summed E-state index contributed by atoms with van der Waals surface area (Å²) in [5.74, 6) is -1.60. The van der Waals surface area contributed by atoms with Gasteiger partial charge in [0.25, 0.3) is 0 Å². The summed E-state index contributed by atoms with van der Waals surface area (Å²) in [5.41, 5.74) is 0.0909. The fourth-order valence-electron chi connectivity index (χ4n) is 2.65. The van der Waals surface area contributed by atoms with Gasteiger partial charge < -0.3 is 34.5 Å². The first kappa shape index (κ1) is 18.4. The Morgan fingerprint density at radius 3 is 2.46 bits per heavy atom. The lowest BCUT2D eigenvalue weighted by molar-refractivity contribution is -0.271. The Labute approximate surface area is 137 Å². The van der Waals surface area contributed by atoms with Crippen LogP contribution in [-0.4, -0.2) is 61.7 Å². The van der Waals surface area contributed by atoms with E-state index in [2.05, 4.69) is 0 Å². The zero-order valence-electron chi connectivity index (χ0n) is 13.3. The van der Waals surface area contributed by atoms with Crippen molar-refractivity contribution in [1.29, 1.82) is 0 Å². The smallest absolute Gasteiger partial charge is 0.335 e. The molecule has 0 saturated carbocycles. The lowest BCUT2D eigenvalue weighted by atomic mass is 9.99. The Balaban J connectivity index is 2.36. The number of hydrogen-bond acceptors (Lipinski definition) is 7. The highest BCUT2D eigenvalue weighted by molar-refractivity contribution is 5.73. The number of carboxylic acid groups (broad SMARTS) is 1. The summed E-state index contributed by atoms with van der Waals surface area (Å²) in [6.07, 6.45) is -6.64. The standard InChI is InChI=1S/C15H21NO8/c1-3-7-12(8(17)5-6-16(7)4-2)23-15-11(20)9(18)10(19)13(24-15)14(21)22/h5-6,9-11,13,15,18-20H,3-4H2,1-2H3,(H,21,22)/t9-,10-,11+,13-,15+/m0/s1. The second-order valence-corrected chi connectivity index (χ2v) is 5.45. The first-order valence-electron chi connectivity index (χ1n) is 7.63. The number of aliphatic hydroxyl groups is 3. The van der Waals surface area contributed by atoms with Crippen molar-refractivity contribution >= 4 is 5.97 Å². The summed E-state index contributed by atoms with van der Waals surface area (Å²) < 4.78 is 12.2. The number of carbonyl (C=O) groups is 1. The van der Waals surface area contributed by atoms with Gasteiger partial charge in [0, 0.05) is 18.8 Å². The van der Waals surface area contributed by atoms with Crippen LogP contribution in [0.1, 0.15) is 19.5 Å². The summed E-state index contributed by atoms with van der Waals surface area (Å²) in [6.45, 7) is 4.26. The van der Waals surface area contributed by atoms with Crippen LogP contribution in [-0.2, 0) is 22.5 Å². The number of rotatable bonds is 5. The van der Waals surface area contributed by atoms with E-state index in [0.717, 1.165) is 0 Å². The highest BCUT2D eigenvalue weighted by Gasteiger charge is 2.48. The predicted molar refractivity (Wildman–Crippen MR) is 80.7 cm³/mol. The molecule has 1 aliphatic rings. The fourth-order valence-corrected chi connectivity index (χ4v) is 2.65. The first-order chi connectivity index (χ1) is 11.3. The lowest BCUT2D eigenvalue weighted by Gasteiger charge is -2.38. The zero-order valence-corrected chi connectivity index (χ0v) is 13.3. The largest absolute Gasteiger partial charge is 0.479 e. The van der Waals surface area contributed by atoms with Crippen LogP contribution in [0.2, 0.25) is 0 Å². The Hall–Kier alpha value is -1.94. The van der Waals surface area contributed by atoms with Gasteiger partial charge in [-0.05, 0) is 13.3 Å². The highest BCUT2D eigenvalue weighted by Crippen LogP contribution is 2.25. The van der Waals surface area contributed by atoms with Crippen LogP contribution in [0.15, 0.2) is 17.1 Å². The summed E-state index contributed by atoms with van der Waals surface area (Å²) in [5, 5.41) is 38.5. The number of pyridine rings is 1. The van der Waals surface area contributed by atoms with Gasteiger partial charge in [0.05, 0.1) is 5.69 Å². The Bertz CT molecular complexity index is 657. The van der Waals surface area contributed by atoms with Crippen molar-refractivity contribution < 1.29 is 34.7 Å². The molecule has 4 N–H and O–H groups in total. The minimum absolute atomic E-state index is 0.0846. The van der Waals surface area contributed by atoms with E-state index in [1.807, 2.05) is 13.8 Å². The molecule has 1 fully saturated rings. The molecule has 1 aromatic heterocycles. The van der Waals surface area contributed by atoms with Crippen LogP contribution in [0, 0.1) is 0 Å². The first-order valence-corrected chi connectivity index (χ1v) is 7.63. The van der Waals surface area contributed by atoms with Crippen molar-refractivity contribution in [2.24, 2.45) is 0 Å². The van der Waals surface area contributed by atoms with Crippen LogP contribution in [0.5, 0.6) is 5.75 Å². The second kappa shape index (κ2) is 7.31. The molecule has 0 aliphatic carbocycles. The molecule has 9 heteroatoms. The molecule has 5 atom stereocenters. The Morgan fingerprint density at radius 2 is 1.92 bits per heavy atom. The van der Waals surface area contributed by atoms with E-state index in [1.54, 1.807) is 10.8 Å². The Morgan fingerprint density at radius 1 is 1.25 bits per heavy atom. The van der Waals surface area contributed by atoms with Crippen molar-refractivity contribution in [3.8, 4) is 5.75 Å². The molecule has 0 bridgehead atoms. The van der Waals surface area contributed by atoms with Crippen LogP contribution >= 0.6 is 0 Å². The summed E-state index contributed by atoms with van der Waals surface area (Å²) in [7, 11) is 0. The monoisotopic (exact) mass is 343 g/mol. The van der Waals surface area contributed by atoms with Crippen LogP contribution in [0.4, 0.5) is 0 Å². The number of aliphatic carboxylic acids is 1. The van der Waals surface area contributed by atoms with Gasteiger partial charge in [0.15, 0.2) is 11.9 Å². The molecule has 1 aromatic rings. The van der Waals surface area contributed by atoms with E-state index in [4.69, 9.17) is 14.6 Å². The van der Waals surface area contributed by atoms with Gasteiger partial charge in [0.2, 0.25) is 11.7 Å². The molecular formula is C15H21NO8. The van der Waals surface area contributed by atoms with E-state index in [0.29, 0.717) is 18.7 Å². The maximum absolute atomic E-state index is 12.1. The van der Waals surface area contributed by atoms with Gasteiger partial charge in [-0.3, -0.25) is 4.79 Å². The number of ether oxygens (including phenoxy) is 2. The number of nitrogens with zero attached hydrogens (tertiary/aromatic N) is 1. The quantitative estimate of drug-likeness (QED) is 0.517. The maximum Gasteiger partial charge on any atom is 0.335 e. The van der Waals surface area contributed by atoms with Crippen LogP contribution < -0.4 is 10.2 Å². The van der Waals surface area contributed by atoms with Gasteiger partial charge in [0.1, 0.15) is 18.3 Å². The fraction of sp³-hybridized carbons (Fsp3) is 0.600. The van der Waals surface area contributed by atoms with Crippen molar-refractivity contribution in [3.63, 3.8) is 0 Å². The molecule has 2 heterocycles. The number of aliphatic hydroxyl groups excluding tert-OH is 3. The summed E-state index contributed by atoms with van der Waals surface area (Å²) in [4.78, 5) is 23.2. The molecule has 1 aliphatic heterocycles. The van der Waals surface area contributed by atoms with E-state index in [1.165, 1.54) is 6.07 Å². The van der Waals surface area contributed by atoms with Crippen LogP contribution in [0.25, 0.3) is 0 Å². The highest BCUT2D eigenvalue weighted by atomic mass is 16.7. The van der Waals surface area contributed by atoms with Gasteiger partial charge in [-0.15, -0.1) is 0 Å². The maximum atomic E-state index is 12.1. The Kier molecular flexibility index (Phi) is 5.60. The molecule has 2 rings (SSSR count).